The van der Waals surface area contributed by atoms with Gasteiger partial charge < -0.3 is 4.79 Å². The molecule has 0 saturated heterocycles. The van der Waals surface area contributed by atoms with Crippen LogP contribution in [0.15, 0.2) is 42.5 Å². The van der Waals surface area contributed by atoms with Crippen molar-refractivity contribution in [2.45, 2.75) is 32.5 Å². The van der Waals surface area contributed by atoms with Crippen LogP contribution in [-0.4, -0.2) is 14.4 Å². The van der Waals surface area contributed by atoms with Gasteiger partial charge in [-0.2, -0.15) is 0 Å². The summed E-state index contributed by atoms with van der Waals surface area (Å²) in [5.74, 6) is 0.308. The van der Waals surface area contributed by atoms with Crippen LogP contribution in [-0.2, 0) is 4.79 Å². The van der Waals surface area contributed by atoms with Gasteiger partial charge in [0.1, 0.15) is 6.29 Å². The molecule has 2 heteroatoms. The van der Waals surface area contributed by atoms with Crippen LogP contribution in [0.25, 0.3) is 0 Å². The molecule has 0 aliphatic carbocycles. The third-order valence-electron chi connectivity index (χ3n) is 3.37. The van der Waals surface area contributed by atoms with Crippen molar-refractivity contribution < 1.29 is 4.79 Å². The van der Waals surface area contributed by atoms with Gasteiger partial charge >= 0.3 is 0 Å². The van der Waals surface area contributed by atoms with Gasteiger partial charge in [0.25, 0.3) is 0 Å². The Morgan fingerprint density at radius 3 is 2.47 bits per heavy atom. The zero-order valence-corrected chi connectivity index (χ0v) is 12.1. The molecule has 0 fully saturated rings. The van der Waals surface area contributed by atoms with E-state index < -0.39 is 8.07 Å². The largest absolute Gasteiger partial charge is 0.303 e. The Balaban J connectivity index is 2.73. The van der Waals surface area contributed by atoms with Crippen molar-refractivity contribution in [3.63, 3.8) is 0 Å². The summed E-state index contributed by atoms with van der Waals surface area (Å²) < 4.78 is 0. The summed E-state index contributed by atoms with van der Waals surface area (Å²) in [6.07, 6.45) is 1.59. The standard InChI is InChI=1S/C15H22OSi/c1-13(10-11-16)14(2)12-17(3,4)15-8-6-5-7-9-15/h5-9,11,13H,2,10,12H2,1,3-4H3. The van der Waals surface area contributed by atoms with Crippen LogP contribution in [0.1, 0.15) is 13.3 Å². The van der Waals surface area contributed by atoms with E-state index in [0.717, 1.165) is 12.3 Å². The number of hydrogen-bond acceptors (Lipinski definition) is 1. The zero-order valence-electron chi connectivity index (χ0n) is 11.1. The lowest BCUT2D eigenvalue weighted by molar-refractivity contribution is -0.108. The Bertz CT molecular complexity index is 381. The molecule has 0 saturated carbocycles. The number of allylic oxidation sites excluding steroid dienone is 1. The summed E-state index contributed by atoms with van der Waals surface area (Å²) >= 11 is 0. The quantitative estimate of drug-likeness (QED) is 0.427. The Kier molecular flexibility index (Phi) is 4.88. The highest BCUT2D eigenvalue weighted by Gasteiger charge is 2.25. The van der Waals surface area contributed by atoms with Gasteiger partial charge in [0.15, 0.2) is 0 Å². The Hall–Kier alpha value is -1.15. The van der Waals surface area contributed by atoms with Crippen molar-refractivity contribution in [1.82, 2.24) is 0 Å². The highest BCUT2D eigenvalue weighted by molar-refractivity contribution is 6.90. The first kappa shape index (κ1) is 13.9. The van der Waals surface area contributed by atoms with Crippen molar-refractivity contribution in [2.24, 2.45) is 5.92 Å². The minimum Gasteiger partial charge on any atom is -0.303 e. The van der Waals surface area contributed by atoms with Crippen LogP contribution < -0.4 is 5.19 Å². The highest BCUT2D eigenvalue weighted by atomic mass is 28.3. The maximum Gasteiger partial charge on any atom is 0.120 e. The summed E-state index contributed by atoms with van der Waals surface area (Å²) in [4.78, 5) is 10.5. The zero-order chi connectivity index (χ0) is 12.9. The molecule has 0 aromatic heterocycles. The molecule has 0 N–H and O–H groups in total. The highest BCUT2D eigenvalue weighted by Crippen LogP contribution is 2.23. The predicted octanol–water partition coefficient (Wildman–Crippen LogP) is 3.38. The van der Waals surface area contributed by atoms with E-state index >= 15 is 0 Å². The van der Waals surface area contributed by atoms with Crippen molar-refractivity contribution in [3.05, 3.63) is 42.5 Å². The predicted molar refractivity (Wildman–Crippen MR) is 77.4 cm³/mol. The van der Waals surface area contributed by atoms with Gasteiger partial charge in [0.2, 0.25) is 0 Å². The number of rotatable bonds is 6. The molecule has 1 unspecified atom stereocenters. The SMILES string of the molecule is C=C(C[Si](C)(C)c1ccccc1)C(C)CC=O. The van der Waals surface area contributed by atoms with E-state index in [2.05, 4.69) is 56.9 Å². The molecule has 0 amide bonds. The molecule has 0 heterocycles. The molecule has 1 aromatic carbocycles. The fourth-order valence-corrected chi connectivity index (χ4v) is 4.83. The third-order valence-corrected chi connectivity index (χ3v) is 6.61. The molecule has 0 radical (unpaired) electrons. The minimum atomic E-state index is -1.45. The lowest BCUT2D eigenvalue weighted by Gasteiger charge is -2.26. The van der Waals surface area contributed by atoms with E-state index in [1.165, 1.54) is 10.8 Å². The van der Waals surface area contributed by atoms with Crippen LogP contribution in [0, 0.1) is 5.92 Å². The fourth-order valence-electron chi connectivity index (χ4n) is 2.04. The molecule has 92 valence electrons. The third kappa shape index (κ3) is 3.97. The van der Waals surface area contributed by atoms with Gasteiger partial charge in [-0.05, 0) is 12.0 Å². The van der Waals surface area contributed by atoms with Gasteiger partial charge in [0, 0.05) is 6.42 Å². The second-order valence-corrected chi connectivity index (χ2v) is 10.1. The van der Waals surface area contributed by atoms with Crippen molar-refractivity contribution >= 4 is 19.5 Å². The van der Waals surface area contributed by atoms with Crippen molar-refractivity contribution in [2.75, 3.05) is 0 Å². The number of hydrogen-bond donors (Lipinski definition) is 0. The molecular weight excluding hydrogens is 224 g/mol. The normalized spacial score (nSPS) is 13.1. The van der Waals surface area contributed by atoms with Crippen molar-refractivity contribution in [3.8, 4) is 0 Å². The summed E-state index contributed by atoms with van der Waals surface area (Å²) in [6, 6.07) is 11.7. The van der Waals surface area contributed by atoms with E-state index in [9.17, 15) is 4.79 Å². The second-order valence-electron chi connectivity index (χ2n) is 5.39. The molecule has 1 aromatic rings. The molecule has 1 nitrogen and oxygen atoms in total. The smallest absolute Gasteiger partial charge is 0.120 e. The topological polar surface area (TPSA) is 17.1 Å². The second kappa shape index (κ2) is 5.96. The first-order chi connectivity index (χ1) is 7.97. The maximum atomic E-state index is 10.5. The fraction of sp³-hybridized carbons (Fsp3) is 0.400. The van der Waals surface area contributed by atoms with E-state index in [1.807, 2.05) is 0 Å². The average Bonchev–Trinajstić information content (AvgIpc) is 2.30. The molecular formula is C15H22OSi. The summed E-state index contributed by atoms with van der Waals surface area (Å²) in [5.41, 5.74) is 1.22. The van der Waals surface area contributed by atoms with Crippen LogP contribution in [0.2, 0.25) is 19.1 Å². The Morgan fingerprint density at radius 1 is 1.35 bits per heavy atom. The van der Waals surface area contributed by atoms with Gasteiger partial charge in [-0.1, -0.05) is 67.7 Å². The molecule has 1 atom stereocenters. The molecule has 0 spiro atoms. The van der Waals surface area contributed by atoms with Gasteiger partial charge in [0.05, 0.1) is 8.07 Å². The monoisotopic (exact) mass is 246 g/mol. The number of aldehydes is 1. The molecule has 0 aliphatic heterocycles. The van der Waals surface area contributed by atoms with E-state index in [4.69, 9.17) is 0 Å². The first-order valence-corrected chi connectivity index (χ1v) is 9.35. The Morgan fingerprint density at radius 2 is 1.94 bits per heavy atom. The summed E-state index contributed by atoms with van der Waals surface area (Å²) in [7, 11) is -1.45. The maximum absolute atomic E-state index is 10.5. The van der Waals surface area contributed by atoms with Crippen LogP contribution in [0.3, 0.4) is 0 Å². The van der Waals surface area contributed by atoms with E-state index in [-0.39, 0.29) is 0 Å². The number of carbonyl (C=O) groups is 1. The van der Waals surface area contributed by atoms with Gasteiger partial charge in [-0.25, -0.2) is 0 Å². The summed E-state index contributed by atoms with van der Waals surface area (Å²) in [5, 5.41) is 1.46. The molecule has 0 bridgehead atoms. The summed E-state index contributed by atoms with van der Waals surface area (Å²) in [6.45, 7) is 11.0. The lowest BCUT2D eigenvalue weighted by atomic mass is 10.0. The van der Waals surface area contributed by atoms with Crippen LogP contribution in [0.4, 0.5) is 0 Å². The van der Waals surface area contributed by atoms with Crippen LogP contribution in [0.5, 0.6) is 0 Å². The minimum absolute atomic E-state index is 0.308. The van der Waals surface area contributed by atoms with E-state index in [1.54, 1.807) is 0 Å². The lowest BCUT2D eigenvalue weighted by Crippen LogP contribution is -2.41. The molecule has 0 aliphatic rings. The van der Waals surface area contributed by atoms with Crippen LogP contribution >= 0.6 is 0 Å². The van der Waals surface area contributed by atoms with Gasteiger partial charge in [-0.15, -0.1) is 0 Å². The average molecular weight is 246 g/mol. The first-order valence-electron chi connectivity index (χ1n) is 6.14. The number of benzene rings is 1. The number of carbonyl (C=O) groups excluding carboxylic acids is 1. The molecule has 17 heavy (non-hydrogen) atoms. The van der Waals surface area contributed by atoms with Crippen molar-refractivity contribution in [1.29, 1.82) is 0 Å². The Labute approximate surface area is 106 Å². The molecule has 1 rings (SSSR count). The van der Waals surface area contributed by atoms with Gasteiger partial charge in [-0.3, -0.25) is 0 Å². The van der Waals surface area contributed by atoms with E-state index in [0.29, 0.717) is 12.3 Å².